The highest BCUT2D eigenvalue weighted by molar-refractivity contribution is 6.00. The van der Waals surface area contributed by atoms with Crippen molar-refractivity contribution in [2.75, 3.05) is 17.6 Å². The topological polar surface area (TPSA) is 91.8 Å². The first-order valence-electron chi connectivity index (χ1n) is 8.66. The second-order valence-electron chi connectivity index (χ2n) is 7.34. The molecule has 3 N–H and O–H groups in total. The normalized spacial score (nSPS) is 23.0. The number of nitrogens with two attached hydrogens (primary N) is 1. The number of anilines is 2. The monoisotopic (exact) mass is 350 g/mol. The van der Waals surface area contributed by atoms with Crippen LogP contribution in [0.4, 0.5) is 15.9 Å². The Morgan fingerprint density at radius 2 is 2.27 bits per heavy atom. The minimum Gasteiger partial charge on any atom is -0.398 e. The van der Waals surface area contributed by atoms with Gasteiger partial charge in [-0.25, -0.2) is 9.37 Å². The maximum atomic E-state index is 14.9. The van der Waals surface area contributed by atoms with Crippen LogP contribution in [0, 0.1) is 23.1 Å². The number of nitrogen functional groups attached to an aromatic ring is 1. The van der Waals surface area contributed by atoms with E-state index in [0.29, 0.717) is 23.5 Å². The van der Waals surface area contributed by atoms with Gasteiger partial charge in [-0.1, -0.05) is 0 Å². The van der Waals surface area contributed by atoms with Gasteiger partial charge in [-0.3, -0.25) is 4.79 Å². The van der Waals surface area contributed by atoms with Crippen molar-refractivity contribution in [3.8, 4) is 17.2 Å². The maximum absolute atomic E-state index is 14.9. The van der Waals surface area contributed by atoms with Gasteiger partial charge in [-0.2, -0.15) is 5.26 Å². The molecule has 1 saturated carbocycles. The lowest BCUT2D eigenvalue weighted by Crippen LogP contribution is -2.42. The summed E-state index contributed by atoms with van der Waals surface area (Å²) in [6, 6.07) is 7.35. The van der Waals surface area contributed by atoms with Crippen LogP contribution in [0.1, 0.15) is 42.1 Å². The molecule has 26 heavy (non-hydrogen) atoms. The number of nitrogens with one attached hydrogen (secondary N) is 1. The van der Waals surface area contributed by atoms with Crippen molar-refractivity contribution < 1.29 is 9.18 Å². The Kier molecular flexibility index (Phi) is 3.69. The highest BCUT2D eigenvalue weighted by Gasteiger charge is 2.49. The van der Waals surface area contributed by atoms with E-state index in [-0.39, 0.29) is 16.7 Å². The number of hydrogen-bond donors (Lipinski definition) is 2. The Morgan fingerprint density at radius 1 is 1.50 bits per heavy atom. The van der Waals surface area contributed by atoms with Crippen molar-refractivity contribution in [3.05, 3.63) is 41.3 Å². The molecule has 2 heterocycles. The van der Waals surface area contributed by atoms with Crippen LogP contribution >= 0.6 is 0 Å². The molecule has 1 aromatic carbocycles. The molecule has 2 aliphatic rings. The smallest absolute Gasteiger partial charge is 0.164 e. The molecule has 1 spiro atoms. The fourth-order valence-corrected chi connectivity index (χ4v) is 4.36. The molecule has 0 bridgehead atoms. The summed E-state index contributed by atoms with van der Waals surface area (Å²) in [5.41, 5.74) is 7.85. The number of Topliss-reactive ketones (excluding diaryl/α,β-unsaturated/α-hetero) is 1. The first-order chi connectivity index (χ1) is 12.4. The highest BCUT2D eigenvalue weighted by atomic mass is 19.1. The molecule has 0 atom stereocenters. The van der Waals surface area contributed by atoms with Gasteiger partial charge in [0.15, 0.2) is 5.78 Å². The number of hydrogen-bond acceptors (Lipinski definition) is 5. The first-order valence-corrected chi connectivity index (χ1v) is 8.66. The summed E-state index contributed by atoms with van der Waals surface area (Å²) in [7, 11) is 0. The van der Waals surface area contributed by atoms with Crippen LogP contribution in [0.25, 0.3) is 11.1 Å². The molecule has 4 rings (SSSR count). The van der Waals surface area contributed by atoms with Crippen molar-refractivity contribution in [2.24, 2.45) is 5.92 Å². The quantitative estimate of drug-likeness (QED) is 0.651. The molecule has 0 amide bonds. The maximum Gasteiger partial charge on any atom is 0.164 e. The molecular formula is C20H19FN4O. The van der Waals surface area contributed by atoms with Crippen molar-refractivity contribution in [3.63, 3.8) is 0 Å². The van der Waals surface area contributed by atoms with Crippen LogP contribution in [0.2, 0.25) is 0 Å². The number of carbonyl (C=O) groups is 1. The van der Waals surface area contributed by atoms with E-state index < -0.39 is 11.6 Å². The van der Waals surface area contributed by atoms with Gasteiger partial charge >= 0.3 is 0 Å². The molecule has 132 valence electrons. The predicted octanol–water partition coefficient (Wildman–Crippen LogP) is 3.66. The minimum atomic E-state index is -0.602. The molecular weight excluding hydrogens is 331 g/mol. The molecule has 0 saturated heterocycles. The SMILES string of the molecule is CC(=O)c1c(N)ccc(-c2cnc3c(c2)C2(CN3)CC(CC#N)C2)c1F. The van der Waals surface area contributed by atoms with Crippen molar-refractivity contribution in [1.82, 2.24) is 4.98 Å². The minimum absolute atomic E-state index is 0.0203. The standard InChI is InChI=1S/C20H19FN4O/c1-11(26)17-16(23)3-2-14(18(17)21)13-6-15-19(24-9-13)25-10-20(15)7-12(8-20)4-5-22/h2-3,6,9,12H,4,7-8,10,23H2,1H3,(H,24,25). The van der Waals surface area contributed by atoms with Crippen molar-refractivity contribution in [1.29, 1.82) is 5.26 Å². The Bertz CT molecular complexity index is 957. The highest BCUT2D eigenvalue weighted by Crippen LogP contribution is 2.54. The zero-order valence-electron chi connectivity index (χ0n) is 14.5. The third-order valence-electron chi connectivity index (χ3n) is 5.63. The van der Waals surface area contributed by atoms with Crippen molar-refractivity contribution >= 4 is 17.3 Å². The van der Waals surface area contributed by atoms with E-state index in [1.54, 1.807) is 18.3 Å². The predicted molar refractivity (Wildman–Crippen MR) is 97.2 cm³/mol. The Balaban J connectivity index is 1.75. The molecule has 1 aliphatic heterocycles. The zero-order chi connectivity index (χ0) is 18.5. The van der Waals surface area contributed by atoms with Gasteiger partial charge in [0.1, 0.15) is 11.6 Å². The van der Waals surface area contributed by atoms with Crippen LogP contribution in [0.15, 0.2) is 24.4 Å². The van der Waals surface area contributed by atoms with Gasteiger partial charge in [0.2, 0.25) is 0 Å². The molecule has 6 heteroatoms. The lowest BCUT2D eigenvalue weighted by Gasteiger charge is -2.44. The van der Waals surface area contributed by atoms with Crippen LogP contribution in [-0.2, 0) is 5.41 Å². The largest absolute Gasteiger partial charge is 0.398 e. The van der Waals surface area contributed by atoms with Gasteiger partial charge in [0.25, 0.3) is 0 Å². The second kappa shape index (κ2) is 5.80. The fourth-order valence-electron chi connectivity index (χ4n) is 4.36. The molecule has 2 aromatic rings. The van der Waals surface area contributed by atoms with E-state index in [1.807, 2.05) is 6.07 Å². The number of fused-ring (bicyclic) bond motifs is 2. The number of nitrogens with zero attached hydrogens (tertiary/aromatic N) is 2. The number of benzene rings is 1. The third kappa shape index (κ3) is 2.35. The van der Waals surface area contributed by atoms with Gasteiger partial charge < -0.3 is 11.1 Å². The molecule has 1 aromatic heterocycles. The van der Waals surface area contributed by atoms with E-state index >= 15 is 0 Å². The lowest BCUT2D eigenvalue weighted by atomic mass is 9.59. The van der Waals surface area contributed by atoms with Gasteiger partial charge in [0, 0.05) is 47.0 Å². The van der Waals surface area contributed by atoms with E-state index in [9.17, 15) is 9.18 Å². The van der Waals surface area contributed by atoms with E-state index in [1.165, 1.54) is 6.92 Å². The van der Waals surface area contributed by atoms with Crippen molar-refractivity contribution in [2.45, 2.75) is 31.6 Å². The summed E-state index contributed by atoms with van der Waals surface area (Å²) in [5, 5.41) is 12.2. The van der Waals surface area contributed by atoms with Crippen LogP contribution in [0.3, 0.4) is 0 Å². The summed E-state index contributed by atoms with van der Waals surface area (Å²) in [6.45, 7) is 2.10. The Morgan fingerprint density at radius 3 is 2.96 bits per heavy atom. The van der Waals surface area contributed by atoms with Gasteiger partial charge in [-0.15, -0.1) is 0 Å². The Hall–Kier alpha value is -2.94. The number of pyridine rings is 1. The van der Waals surface area contributed by atoms with E-state index in [2.05, 4.69) is 16.4 Å². The lowest BCUT2D eigenvalue weighted by molar-refractivity contribution is 0.101. The number of halogens is 1. The number of ketones is 1. The van der Waals surface area contributed by atoms with E-state index in [4.69, 9.17) is 11.0 Å². The van der Waals surface area contributed by atoms with Gasteiger partial charge in [-0.05, 0) is 43.9 Å². The summed E-state index contributed by atoms with van der Waals surface area (Å²) >= 11 is 0. The summed E-state index contributed by atoms with van der Waals surface area (Å²) < 4.78 is 14.9. The number of carbonyl (C=O) groups excluding carboxylic acids is 1. The molecule has 1 aliphatic carbocycles. The number of nitriles is 1. The molecule has 5 nitrogen and oxygen atoms in total. The van der Waals surface area contributed by atoms with Crippen LogP contribution in [-0.4, -0.2) is 17.3 Å². The average molecular weight is 350 g/mol. The fraction of sp³-hybridized carbons (Fsp3) is 0.350. The molecule has 0 radical (unpaired) electrons. The van der Waals surface area contributed by atoms with Crippen LogP contribution in [0.5, 0.6) is 0 Å². The summed E-state index contributed by atoms with van der Waals surface area (Å²) in [4.78, 5) is 16.2. The Labute approximate surface area is 151 Å². The molecule has 1 fully saturated rings. The number of rotatable bonds is 3. The number of aromatic nitrogens is 1. The summed E-state index contributed by atoms with van der Waals surface area (Å²) in [6.07, 6.45) is 4.07. The van der Waals surface area contributed by atoms with Gasteiger partial charge in [0.05, 0.1) is 11.6 Å². The molecule has 0 unspecified atom stereocenters. The van der Waals surface area contributed by atoms with E-state index in [0.717, 1.165) is 30.8 Å². The third-order valence-corrected chi connectivity index (χ3v) is 5.63. The first kappa shape index (κ1) is 16.5. The average Bonchev–Trinajstić information content (AvgIpc) is 2.94. The van der Waals surface area contributed by atoms with Crippen LogP contribution < -0.4 is 11.1 Å². The second-order valence-corrected chi connectivity index (χ2v) is 7.34. The summed E-state index contributed by atoms with van der Waals surface area (Å²) in [5.74, 6) is 0.239. The zero-order valence-corrected chi connectivity index (χ0v) is 14.5.